The maximum atomic E-state index is 9.05. The zero-order chi connectivity index (χ0) is 11.4. The lowest BCUT2D eigenvalue weighted by molar-refractivity contribution is 0.210. The first-order chi connectivity index (χ1) is 7.06. The Morgan fingerprint density at radius 2 is 2.07 bits per heavy atom. The fraction of sp³-hybridized carbons (Fsp3) is 0.500. The Morgan fingerprint density at radius 1 is 1.40 bits per heavy atom. The minimum Gasteiger partial charge on any atom is -0.396 e. The molecule has 1 aromatic carbocycles. The SMILES string of the molecule is Cc1ccc(C(CCO)N(C)C)c(Br)c1. The molecule has 0 bridgehead atoms. The molecule has 1 N–H and O–H groups in total. The summed E-state index contributed by atoms with van der Waals surface area (Å²) in [7, 11) is 4.07. The summed E-state index contributed by atoms with van der Waals surface area (Å²) in [5, 5.41) is 9.05. The van der Waals surface area contributed by atoms with E-state index in [2.05, 4.69) is 46.0 Å². The Bertz CT molecular complexity index is 325. The summed E-state index contributed by atoms with van der Waals surface area (Å²) in [6.07, 6.45) is 0.759. The van der Waals surface area contributed by atoms with Gasteiger partial charge in [-0.05, 0) is 44.6 Å². The van der Waals surface area contributed by atoms with Crippen LogP contribution < -0.4 is 0 Å². The number of aliphatic hydroxyl groups excluding tert-OH is 1. The van der Waals surface area contributed by atoms with Gasteiger partial charge in [0.05, 0.1) is 0 Å². The van der Waals surface area contributed by atoms with Gasteiger partial charge < -0.3 is 10.0 Å². The molecule has 0 spiro atoms. The van der Waals surface area contributed by atoms with E-state index >= 15 is 0 Å². The van der Waals surface area contributed by atoms with Crippen molar-refractivity contribution in [2.75, 3.05) is 20.7 Å². The predicted octanol–water partition coefficient (Wildman–Crippen LogP) is 2.74. The molecule has 0 saturated carbocycles. The van der Waals surface area contributed by atoms with Crippen molar-refractivity contribution in [2.24, 2.45) is 0 Å². The van der Waals surface area contributed by atoms with Gasteiger partial charge in [0.25, 0.3) is 0 Å². The molecule has 0 aliphatic heterocycles. The highest BCUT2D eigenvalue weighted by molar-refractivity contribution is 9.10. The van der Waals surface area contributed by atoms with Gasteiger partial charge in [-0.1, -0.05) is 28.1 Å². The van der Waals surface area contributed by atoms with Crippen molar-refractivity contribution in [1.82, 2.24) is 4.90 Å². The van der Waals surface area contributed by atoms with Crippen LogP contribution in [0.25, 0.3) is 0 Å². The summed E-state index contributed by atoms with van der Waals surface area (Å²) < 4.78 is 1.12. The fourth-order valence-electron chi connectivity index (χ4n) is 1.72. The third kappa shape index (κ3) is 3.30. The van der Waals surface area contributed by atoms with Crippen molar-refractivity contribution in [2.45, 2.75) is 19.4 Å². The molecule has 15 heavy (non-hydrogen) atoms. The Hall–Kier alpha value is -0.380. The van der Waals surface area contributed by atoms with E-state index in [0.29, 0.717) is 0 Å². The van der Waals surface area contributed by atoms with Gasteiger partial charge in [0.1, 0.15) is 0 Å². The molecule has 1 aromatic rings. The average Bonchev–Trinajstić information content (AvgIpc) is 2.15. The Kier molecular flexibility index (Phi) is 4.77. The van der Waals surface area contributed by atoms with Gasteiger partial charge in [-0.2, -0.15) is 0 Å². The number of benzene rings is 1. The van der Waals surface area contributed by atoms with Crippen LogP contribution in [0.1, 0.15) is 23.6 Å². The van der Waals surface area contributed by atoms with E-state index in [0.717, 1.165) is 10.9 Å². The van der Waals surface area contributed by atoms with Crippen LogP contribution >= 0.6 is 15.9 Å². The number of aliphatic hydroxyl groups is 1. The molecule has 3 heteroatoms. The molecule has 1 atom stereocenters. The summed E-state index contributed by atoms with van der Waals surface area (Å²) in [4.78, 5) is 2.13. The third-order valence-electron chi connectivity index (χ3n) is 2.54. The van der Waals surface area contributed by atoms with Crippen LogP contribution in [0.3, 0.4) is 0 Å². The molecule has 1 unspecified atom stereocenters. The lowest BCUT2D eigenvalue weighted by Crippen LogP contribution is -2.21. The van der Waals surface area contributed by atoms with Gasteiger partial charge in [-0.3, -0.25) is 0 Å². The maximum absolute atomic E-state index is 9.05. The normalized spacial score (nSPS) is 13.2. The van der Waals surface area contributed by atoms with Crippen LogP contribution in [-0.2, 0) is 0 Å². The van der Waals surface area contributed by atoms with Crippen LogP contribution in [0.4, 0.5) is 0 Å². The molecule has 2 nitrogen and oxygen atoms in total. The first-order valence-electron chi connectivity index (χ1n) is 5.09. The van der Waals surface area contributed by atoms with E-state index in [1.54, 1.807) is 0 Å². The molecule has 0 amide bonds. The lowest BCUT2D eigenvalue weighted by atomic mass is 10.0. The van der Waals surface area contributed by atoms with Crippen LogP contribution in [-0.4, -0.2) is 30.7 Å². The minimum atomic E-state index is 0.211. The molecular formula is C12H18BrNO. The van der Waals surface area contributed by atoms with Gasteiger partial charge in [-0.25, -0.2) is 0 Å². The van der Waals surface area contributed by atoms with E-state index in [1.807, 2.05) is 14.1 Å². The Morgan fingerprint density at radius 3 is 2.53 bits per heavy atom. The zero-order valence-corrected chi connectivity index (χ0v) is 11.1. The molecule has 0 saturated heterocycles. The Balaban J connectivity index is 3.00. The van der Waals surface area contributed by atoms with Gasteiger partial charge in [0, 0.05) is 17.1 Å². The molecule has 1 rings (SSSR count). The smallest absolute Gasteiger partial charge is 0.0449 e. The first kappa shape index (κ1) is 12.7. The summed E-state index contributed by atoms with van der Waals surface area (Å²) in [6.45, 7) is 2.29. The lowest BCUT2D eigenvalue weighted by Gasteiger charge is -2.25. The highest BCUT2D eigenvalue weighted by Crippen LogP contribution is 2.29. The number of nitrogens with zero attached hydrogens (tertiary/aromatic N) is 1. The van der Waals surface area contributed by atoms with Crippen molar-refractivity contribution >= 4 is 15.9 Å². The molecule has 84 valence electrons. The zero-order valence-electron chi connectivity index (χ0n) is 9.50. The number of halogens is 1. The van der Waals surface area contributed by atoms with Gasteiger partial charge in [0.2, 0.25) is 0 Å². The monoisotopic (exact) mass is 271 g/mol. The van der Waals surface area contributed by atoms with Crippen molar-refractivity contribution in [3.8, 4) is 0 Å². The van der Waals surface area contributed by atoms with Crippen LogP contribution in [0, 0.1) is 6.92 Å². The molecule has 0 heterocycles. The second-order valence-corrected chi connectivity index (χ2v) is 4.87. The fourth-order valence-corrected chi connectivity index (χ4v) is 2.47. The van der Waals surface area contributed by atoms with Crippen LogP contribution in [0.5, 0.6) is 0 Å². The summed E-state index contributed by atoms with van der Waals surface area (Å²) in [6, 6.07) is 6.61. The molecule has 0 aliphatic carbocycles. The number of rotatable bonds is 4. The first-order valence-corrected chi connectivity index (χ1v) is 5.89. The van der Waals surface area contributed by atoms with Crippen LogP contribution in [0.2, 0.25) is 0 Å². The van der Waals surface area contributed by atoms with E-state index in [-0.39, 0.29) is 12.6 Å². The van der Waals surface area contributed by atoms with Crippen molar-refractivity contribution in [3.63, 3.8) is 0 Å². The largest absolute Gasteiger partial charge is 0.396 e. The van der Waals surface area contributed by atoms with Crippen molar-refractivity contribution < 1.29 is 5.11 Å². The second-order valence-electron chi connectivity index (χ2n) is 4.02. The summed E-state index contributed by atoms with van der Waals surface area (Å²) in [5.74, 6) is 0. The minimum absolute atomic E-state index is 0.211. The molecular weight excluding hydrogens is 254 g/mol. The summed E-state index contributed by atoms with van der Waals surface area (Å²) >= 11 is 3.58. The van der Waals surface area contributed by atoms with E-state index in [9.17, 15) is 0 Å². The van der Waals surface area contributed by atoms with Gasteiger partial charge >= 0.3 is 0 Å². The van der Waals surface area contributed by atoms with Gasteiger partial charge in [-0.15, -0.1) is 0 Å². The average molecular weight is 272 g/mol. The van der Waals surface area contributed by atoms with Gasteiger partial charge in [0.15, 0.2) is 0 Å². The predicted molar refractivity (Wildman–Crippen MR) is 67.0 cm³/mol. The number of hydrogen-bond donors (Lipinski definition) is 1. The van der Waals surface area contributed by atoms with Crippen molar-refractivity contribution in [3.05, 3.63) is 33.8 Å². The molecule has 0 radical (unpaired) electrons. The number of aryl methyl sites for hydroxylation is 1. The highest BCUT2D eigenvalue weighted by atomic mass is 79.9. The highest BCUT2D eigenvalue weighted by Gasteiger charge is 2.15. The molecule has 0 aromatic heterocycles. The second kappa shape index (κ2) is 5.64. The van der Waals surface area contributed by atoms with Crippen molar-refractivity contribution in [1.29, 1.82) is 0 Å². The molecule has 0 aliphatic rings. The molecule has 0 fully saturated rings. The quantitative estimate of drug-likeness (QED) is 0.911. The van der Waals surface area contributed by atoms with Crippen LogP contribution in [0.15, 0.2) is 22.7 Å². The third-order valence-corrected chi connectivity index (χ3v) is 3.23. The maximum Gasteiger partial charge on any atom is 0.0449 e. The topological polar surface area (TPSA) is 23.5 Å². The number of hydrogen-bond acceptors (Lipinski definition) is 2. The summed E-state index contributed by atoms with van der Waals surface area (Å²) in [5.41, 5.74) is 2.48. The Labute approximate surface area is 100 Å². The van der Waals surface area contributed by atoms with E-state index in [1.165, 1.54) is 11.1 Å². The standard InChI is InChI=1S/C12H18BrNO/c1-9-4-5-10(11(13)8-9)12(6-7-15)14(2)3/h4-5,8,12,15H,6-7H2,1-3H3. The van der Waals surface area contributed by atoms with E-state index in [4.69, 9.17) is 5.11 Å². The van der Waals surface area contributed by atoms with E-state index < -0.39 is 0 Å².